The Bertz CT molecular complexity index is 1000. The fourth-order valence-corrected chi connectivity index (χ4v) is 6.42. The van der Waals surface area contributed by atoms with Crippen molar-refractivity contribution >= 4 is 17.7 Å². The number of aliphatic hydroxyl groups is 3. The molecule has 0 aromatic carbocycles. The maximum atomic E-state index is 14.5. The number of allylic oxidation sites excluding steroid dienone is 1. The van der Waals surface area contributed by atoms with Crippen molar-refractivity contribution in [3.8, 4) is 0 Å². The molecule has 0 amide bonds. The molecule has 7 atom stereocenters. The molecule has 1 spiro atoms. The Kier molecular flexibility index (Phi) is 6.49. The first-order valence-electron chi connectivity index (χ1n) is 12.2. The van der Waals surface area contributed by atoms with Crippen molar-refractivity contribution in [3.05, 3.63) is 23.3 Å². The number of hydrogen-bond donors (Lipinski definition) is 3. The Labute approximate surface area is 207 Å². The number of carbonyl (C=O) groups excluding carboxylic acids is 3. The van der Waals surface area contributed by atoms with E-state index in [1.165, 1.54) is 13.0 Å². The third kappa shape index (κ3) is 3.63. The number of ketones is 1. The minimum atomic E-state index is -2.27. The SMILES string of the molecule is CC(=O)O[C@]1(C)C[C@@H](C)C23C=C(C)C(OC(=O)C(C)(C)C)[C@@]2(O)[C@H](O)C(CO)=CC(C3=O)C1(C)C. The fourth-order valence-electron chi connectivity index (χ4n) is 6.42. The highest BCUT2D eigenvalue weighted by Gasteiger charge is 2.74. The lowest BCUT2D eigenvalue weighted by molar-refractivity contribution is -0.208. The van der Waals surface area contributed by atoms with Crippen molar-refractivity contribution in [2.45, 2.75) is 92.1 Å². The number of carbonyl (C=O) groups is 3. The molecule has 8 heteroatoms. The third-order valence-electron chi connectivity index (χ3n) is 8.77. The Morgan fingerprint density at radius 1 is 1.20 bits per heavy atom. The normalized spacial score (nSPS) is 40.6. The first-order valence-corrected chi connectivity index (χ1v) is 12.2. The first-order chi connectivity index (χ1) is 15.8. The zero-order valence-corrected chi connectivity index (χ0v) is 22.3. The highest BCUT2D eigenvalue weighted by Crippen LogP contribution is 2.64. The Morgan fingerprint density at radius 3 is 2.26 bits per heavy atom. The summed E-state index contributed by atoms with van der Waals surface area (Å²) in [6, 6.07) is 0. The number of fused-ring (bicyclic) bond motifs is 1. The van der Waals surface area contributed by atoms with Gasteiger partial charge in [-0.2, -0.15) is 0 Å². The summed E-state index contributed by atoms with van der Waals surface area (Å²) in [5.74, 6) is -3.00. The molecular formula is C27H40O8. The van der Waals surface area contributed by atoms with Crippen LogP contribution < -0.4 is 0 Å². The van der Waals surface area contributed by atoms with Crippen LogP contribution in [0.4, 0.5) is 0 Å². The van der Waals surface area contributed by atoms with Gasteiger partial charge in [0.2, 0.25) is 0 Å². The molecule has 35 heavy (non-hydrogen) atoms. The number of esters is 2. The van der Waals surface area contributed by atoms with Gasteiger partial charge in [0.15, 0.2) is 17.5 Å². The predicted octanol–water partition coefficient (Wildman–Crippen LogP) is 2.49. The van der Waals surface area contributed by atoms with Crippen molar-refractivity contribution in [2.24, 2.45) is 28.1 Å². The lowest BCUT2D eigenvalue weighted by atomic mass is 9.59. The average Bonchev–Trinajstić information content (AvgIpc) is 2.88. The van der Waals surface area contributed by atoms with Crippen molar-refractivity contribution < 1.29 is 39.2 Å². The van der Waals surface area contributed by atoms with E-state index in [1.807, 2.05) is 13.8 Å². The minimum absolute atomic E-state index is 0.0555. The topological polar surface area (TPSA) is 130 Å². The van der Waals surface area contributed by atoms with Gasteiger partial charge in [-0.05, 0) is 58.1 Å². The number of rotatable bonds is 3. The quantitative estimate of drug-likeness (QED) is 0.405. The Hall–Kier alpha value is -2.03. The molecule has 0 saturated heterocycles. The summed E-state index contributed by atoms with van der Waals surface area (Å²) < 4.78 is 11.7. The van der Waals surface area contributed by atoms with Crippen LogP contribution in [-0.2, 0) is 23.9 Å². The predicted molar refractivity (Wildman–Crippen MR) is 128 cm³/mol. The lowest BCUT2D eigenvalue weighted by Gasteiger charge is -2.49. The van der Waals surface area contributed by atoms with Gasteiger partial charge in [0.25, 0.3) is 0 Å². The second-order valence-corrected chi connectivity index (χ2v) is 12.4. The molecule has 196 valence electrons. The van der Waals surface area contributed by atoms with Gasteiger partial charge in [0.1, 0.15) is 11.7 Å². The van der Waals surface area contributed by atoms with Gasteiger partial charge in [-0.3, -0.25) is 14.4 Å². The lowest BCUT2D eigenvalue weighted by Crippen LogP contribution is -2.66. The largest absolute Gasteiger partial charge is 0.459 e. The van der Waals surface area contributed by atoms with Crippen LogP contribution >= 0.6 is 0 Å². The van der Waals surface area contributed by atoms with Crippen LogP contribution in [0.3, 0.4) is 0 Å². The number of aliphatic hydroxyl groups excluding tert-OH is 2. The summed E-state index contributed by atoms with van der Waals surface area (Å²) in [7, 11) is 0. The van der Waals surface area contributed by atoms with Crippen LogP contribution in [0.15, 0.2) is 23.3 Å². The number of Topliss-reactive ketones (excluding diaryl/α,β-unsaturated/α-hetero) is 1. The summed E-state index contributed by atoms with van der Waals surface area (Å²) in [5.41, 5.74) is -6.39. The van der Waals surface area contributed by atoms with Crippen molar-refractivity contribution in [1.82, 2.24) is 0 Å². The zero-order valence-electron chi connectivity index (χ0n) is 22.3. The van der Waals surface area contributed by atoms with Crippen LogP contribution in [0, 0.1) is 28.1 Å². The summed E-state index contributed by atoms with van der Waals surface area (Å²) in [5, 5.41) is 34.2. The van der Waals surface area contributed by atoms with Gasteiger partial charge in [-0.15, -0.1) is 0 Å². The van der Waals surface area contributed by atoms with E-state index < -0.39 is 70.0 Å². The third-order valence-corrected chi connectivity index (χ3v) is 8.77. The van der Waals surface area contributed by atoms with E-state index in [0.717, 1.165) is 0 Å². The molecule has 0 radical (unpaired) electrons. The van der Waals surface area contributed by atoms with E-state index >= 15 is 0 Å². The summed E-state index contributed by atoms with van der Waals surface area (Å²) >= 11 is 0. The van der Waals surface area contributed by atoms with E-state index in [9.17, 15) is 29.7 Å². The smallest absolute Gasteiger partial charge is 0.311 e. The van der Waals surface area contributed by atoms with E-state index in [0.29, 0.717) is 5.57 Å². The molecule has 3 rings (SSSR count). The standard InChI is InChI=1S/C27H40O8/c1-14-11-26-15(2)12-25(9,35-16(3)29)24(7,8)18(20(26)31)10-17(13-28)19(30)27(26,33)21(14)34-22(32)23(4,5)6/h10-11,15,18-19,21,28,30,33H,12-13H2,1-9H3/t15-,18?,19-,21?,25-,26?,27+/m1/s1. The molecule has 1 saturated carbocycles. The van der Waals surface area contributed by atoms with E-state index in [4.69, 9.17) is 9.47 Å². The van der Waals surface area contributed by atoms with Crippen LogP contribution in [0.2, 0.25) is 0 Å². The second kappa shape index (κ2) is 8.25. The van der Waals surface area contributed by atoms with Crippen molar-refractivity contribution in [3.63, 3.8) is 0 Å². The van der Waals surface area contributed by atoms with Gasteiger partial charge in [-0.25, -0.2) is 0 Å². The van der Waals surface area contributed by atoms with Gasteiger partial charge in [0.05, 0.1) is 17.4 Å². The second-order valence-electron chi connectivity index (χ2n) is 12.4. The van der Waals surface area contributed by atoms with E-state index in [2.05, 4.69) is 0 Å². The number of hydrogen-bond acceptors (Lipinski definition) is 8. The van der Waals surface area contributed by atoms with E-state index in [-0.39, 0.29) is 17.8 Å². The Balaban J connectivity index is 2.34. The maximum Gasteiger partial charge on any atom is 0.311 e. The minimum Gasteiger partial charge on any atom is -0.459 e. The molecule has 0 aromatic rings. The van der Waals surface area contributed by atoms with Crippen LogP contribution in [0.25, 0.3) is 0 Å². The van der Waals surface area contributed by atoms with E-state index in [1.54, 1.807) is 47.6 Å². The molecule has 0 aliphatic heterocycles. The molecular weight excluding hydrogens is 452 g/mol. The molecule has 2 bridgehead atoms. The van der Waals surface area contributed by atoms with Crippen molar-refractivity contribution in [1.29, 1.82) is 0 Å². The van der Waals surface area contributed by atoms with Crippen LogP contribution in [0.5, 0.6) is 0 Å². The fraction of sp³-hybridized carbons (Fsp3) is 0.741. The van der Waals surface area contributed by atoms with Crippen LogP contribution in [-0.4, -0.2) is 63.1 Å². The van der Waals surface area contributed by atoms with Crippen molar-refractivity contribution in [2.75, 3.05) is 6.61 Å². The summed E-state index contributed by atoms with van der Waals surface area (Å²) in [4.78, 5) is 39.5. The zero-order chi connectivity index (χ0) is 26.9. The molecule has 0 aromatic heterocycles. The summed E-state index contributed by atoms with van der Waals surface area (Å²) in [6.45, 7) is 14.6. The molecule has 1 fully saturated rings. The monoisotopic (exact) mass is 492 g/mol. The van der Waals surface area contributed by atoms with Gasteiger partial charge in [-0.1, -0.05) is 32.9 Å². The Morgan fingerprint density at radius 2 is 1.77 bits per heavy atom. The maximum absolute atomic E-state index is 14.5. The van der Waals surface area contributed by atoms with Gasteiger partial charge >= 0.3 is 11.9 Å². The van der Waals surface area contributed by atoms with Gasteiger partial charge in [0, 0.05) is 18.3 Å². The van der Waals surface area contributed by atoms with Gasteiger partial charge < -0.3 is 24.8 Å². The molecule has 3 unspecified atom stereocenters. The summed E-state index contributed by atoms with van der Waals surface area (Å²) in [6.07, 6.45) is 0.342. The average molecular weight is 493 g/mol. The molecule has 8 nitrogen and oxygen atoms in total. The molecule has 3 aliphatic carbocycles. The molecule has 3 aliphatic rings. The van der Waals surface area contributed by atoms with Crippen LogP contribution in [0.1, 0.15) is 68.7 Å². The highest BCUT2D eigenvalue weighted by atomic mass is 16.6. The highest BCUT2D eigenvalue weighted by molar-refractivity contribution is 5.95. The molecule has 3 N–H and O–H groups in total. The first kappa shape index (κ1) is 27.6. The number of ether oxygens (including phenoxy) is 2. The molecule has 0 heterocycles.